The van der Waals surface area contributed by atoms with E-state index >= 15 is 0 Å². The lowest BCUT2D eigenvalue weighted by atomic mass is 9.94. The van der Waals surface area contributed by atoms with Crippen LogP contribution in [0.1, 0.15) is 11.1 Å². The summed E-state index contributed by atoms with van der Waals surface area (Å²) >= 11 is 0. The number of aromatic nitrogens is 3. The predicted octanol–water partition coefficient (Wildman–Crippen LogP) is 8.82. The lowest BCUT2D eigenvalue weighted by Crippen LogP contribution is -2.00. The zero-order valence-corrected chi connectivity index (χ0v) is 21.5. The van der Waals surface area contributed by atoms with Crippen molar-refractivity contribution in [1.82, 2.24) is 15.0 Å². The second kappa shape index (κ2) is 10.2. The van der Waals surface area contributed by atoms with Gasteiger partial charge < -0.3 is 0 Å². The van der Waals surface area contributed by atoms with Crippen LogP contribution >= 0.6 is 0 Å². The topological polar surface area (TPSA) is 38.7 Å². The number of benzene rings is 5. The molecular formula is C35H27N3. The highest BCUT2D eigenvalue weighted by molar-refractivity contribution is 5.80. The van der Waals surface area contributed by atoms with Crippen molar-refractivity contribution in [3.63, 3.8) is 0 Å². The van der Waals surface area contributed by atoms with Gasteiger partial charge in [0.05, 0.1) is 0 Å². The molecule has 3 nitrogen and oxygen atoms in total. The summed E-state index contributed by atoms with van der Waals surface area (Å²) in [6.07, 6.45) is 0. The number of hydrogen-bond acceptors (Lipinski definition) is 3. The van der Waals surface area contributed by atoms with Gasteiger partial charge in [-0.3, -0.25) is 0 Å². The number of aryl methyl sites for hydroxylation is 2. The lowest BCUT2D eigenvalue weighted by Gasteiger charge is -2.13. The van der Waals surface area contributed by atoms with E-state index in [0.29, 0.717) is 17.5 Å². The van der Waals surface area contributed by atoms with E-state index in [0.717, 1.165) is 27.8 Å². The molecule has 6 aromatic rings. The summed E-state index contributed by atoms with van der Waals surface area (Å²) in [6, 6.07) is 44.0. The van der Waals surface area contributed by atoms with Crippen LogP contribution in [0.3, 0.4) is 0 Å². The second-order valence-electron chi connectivity index (χ2n) is 9.58. The first kappa shape index (κ1) is 23.5. The largest absolute Gasteiger partial charge is 0.208 e. The zero-order valence-electron chi connectivity index (χ0n) is 21.5. The highest BCUT2D eigenvalue weighted by Crippen LogP contribution is 2.33. The van der Waals surface area contributed by atoms with Gasteiger partial charge in [-0.2, -0.15) is 0 Å². The van der Waals surface area contributed by atoms with Crippen molar-refractivity contribution in [2.75, 3.05) is 0 Å². The summed E-state index contributed by atoms with van der Waals surface area (Å²) in [5.74, 6) is 1.97. The smallest absolute Gasteiger partial charge is 0.164 e. The molecule has 0 unspecified atom stereocenters. The van der Waals surface area contributed by atoms with E-state index in [1.54, 1.807) is 0 Å². The standard InChI is InChI=1S/C35H27N3/c1-24-11-9-17-28(19-24)30-21-31(29-18-10-12-25(2)20-29)23-32(22-30)35-37-33(26-13-5-3-6-14-26)36-34(38-35)27-15-7-4-8-16-27/h3-23H,1-2H3. The third kappa shape index (κ3) is 5.00. The highest BCUT2D eigenvalue weighted by atomic mass is 15.0. The summed E-state index contributed by atoms with van der Waals surface area (Å²) in [7, 11) is 0. The van der Waals surface area contributed by atoms with Gasteiger partial charge in [-0.15, -0.1) is 0 Å². The monoisotopic (exact) mass is 489 g/mol. The molecule has 0 bridgehead atoms. The van der Waals surface area contributed by atoms with Gasteiger partial charge in [-0.1, -0.05) is 120 Å². The van der Waals surface area contributed by atoms with Gasteiger partial charge in [0, 0.05) is 16.7 Å². The Balaban J connectivity index is 1.59. The molecule has 0 aliphatic carbocycles. The fourth-order valence-corrected chi connectivity index (χ4v) is 4.68. The van der Waals surface area contributed by atoms with E-state index in [-0.39, 0.29) is 0 Å². The van der Waals surface area contributed by atoms with Crippen LogP contribution in [0, 0.1) is 13.8 Å². The van der Waals surface area contributed by atoms with Crippen molar-refractivity contribution in [2.24, 2.45) is 0 Å². The van der Waals surface area contributed by atoms with E-state index in [9.17, 15) is 0 Å². The Labute approximate surface area is 223 Å². The van der Waals surface area contributed by atoms with Crippen LogP contribution in [-0.4, -0.2) is 15.0 Å². The molecule has 0 saturated carbocycles. The van der Waals surface area contributed by atoms with Crippen LogP contribution in [0.25, 0.3) is 56.4 Å². The summed E-state index contributed by atoms with van der Waals surface area (Å²) < 4.78 is 0. The minimum absolute atomic E-state index is 0.654. The quantitative estimate of drug-likeness (QED) is 0.243. The average Bonchev–Trinajstić information content (AvgIpc) is 2.97. The van der Waals surface area contributed by atoms with Crippen molar-refractivity contribution < 1.29 is 0 Å². The SMILES string of the molecule is Cc1cccc(-c2cc(-c3cccc(C)c3)cc(-c3nc(-c4ccccc4)nc(-c4ccccc4)n3)c2)c1. The van der Waals surface area contributed by atoms with E-state index in [1.165, 1.54) is 22.3 Å². The Kier molecular flexibility index (Phi) is 6.33. The third-order valence-corrected chi connectivity index (χ3v) is 6.59. The maximum absolute atomic E-state index is 4.98. The van der Waals surface area contributed by atoms with Crippen molar-refractivity contribution in [3.8, 4) is 56.4 Å². The minimum atomic E-state index is 0.654. The van der Waals surface area contributed by atoms with Crippen LogP contribution in [0.4, 0.5) is 0 Å². The number of nitrogens with zero attached hydrogens (tertiary/aromatic N) is 3. The number of rotatable bonds is 5. The molecule has 1 heterocycles. The number of hydrogen-bond donors (Lipinski definition) is 0. The first-order valence-corrected chi connectivity index (χ1v) is 12.8. The summed E-state index contributed by atoms with van der Waals surface area (Å²) in [5.41, 5.74) is 9.92. The Bertz CT molecular complexity index is 1600. The van der Waals surface area contributed by atoms with Gasteiger partial charge in [0.25, 0.3) is 0 Å². The van der Waals surface area contributed by atoms with E-state index < -0.39 is 0 Å². The maximum atomic E-state index is 4.98. The molecule has 0 N–H and O–H groups in total. The Morgan fingerprint density at radius 2 is 0.684 bits per heavy atom. The molecule has 0 radical (unpaired) electrons. The first-order chi connectivity index (χ1) is 18.6. The van der Waals surface area contributed by atoms with Gasteiger partial charge in [-0.05, 0) is 54.3 Å². The molecule has 182 valence electrons. The molecular weight excluding hydrogens is 462 g/mol. The molecule has 0 fully saturated rings. The van der Waals surface area contributed by atoms with Gasteiger partial charge in [0.1, 0.15) is 0 Å². The van der Waals surface area contributed by atoms with E-state index in [1.807, 2.05) is 60.7 Å². The molecule has 0 aliphatic rings. The molecule has 38 heavy (non-hydrogen) atoms. The molecule has 6 rings (SSSR count). The summed E-state index contributed by atoms with van der Waals surface area (Å²) in [5, 5.41) is 0. The van der Waals surface area contributed by atoms with Crippen molar-refractivity contribution in [3.05, 3.63) is 139 Å². The first-order valence-electron chi connectivity index (χ1n) is 12.8. The normalized spacial score (nSPS) is 10.9. The molecule has 0 spiro atoms. The van der Waals surface area contributed by atoms with Gasteiger partial charge in [-0.25, -0.2) is 15.0 Å². The highest BCUT2D eigenvalue weighted by Gasteiger charge is 2.14. The fraction of sp³-hybridized carbons (Fsp3) is 0.0571. The maximum Gasteiger partial charge on any atom is 0.164 e. The molecule has 1 aromatic heterocycles. The second-order valence-corrected chi connectivity index (χ2v) is 9.58. The predicted molar refractivity (Wildman–Crippen MR) is 156 cm³/mol. The minimum Gasteiger partial charge on any atom is -0.208 e. The fourth-order valence-electron chi connectivity index (χ4n) is 4.68. The molecule has 0 atom stereocenters. The Hall–Kier alpha value is -4.89. The Morgan fingerprint density at radius 1 is 0.316 bits per heavy atom. The molecule has 3 heteroatoms. The van der Waals surface area contributed by atoms with Gasteiger partial charge in [0.2, 0.25) is 0 Å². The van der Waals surface area contributed by atoms with Crippen molar-refractivity contribution >= 4 is 0 Å². The molecule has 0 amide bonds. The van der Waals surface area contributed by atoms with Crippen LogP contribution < -0.4 is 0 Å². The zero-order chi connectivity index (χ0) is 25.9. The van der Waals surface area contributed by atoms with Gasteiger partial charge in [0.15, 0.2) is 17.5 Å². The third-order valence-electron chi connectivity index (χ3n) is 6.59. The van der Waals surface area contributed by atoms with Crippen LogP contribution in [0.15, 0.2) is 127 Å². The van der Waals surface area contributed by atoms with Crippen molar-refractivity contribution in [1.29, 1.82) is 0 Å². The lowest BCUT2D eigenvalue weighted by molar-refractivity contribution is 1.07. The summed E-state index contributed by atoms with van der Waals surface area (Å²) in [6.45, 7) is 4.25. The van der Waals surface area contributed by atoms with Gasteiger partial charge >= 0.3 is 0 Å². The Morgan fingerprint density at radius 3 is 1.11 bits per heavy atom. The van der Waals surface area contributed by atoms with Crippen LogP contribution in [-0.2, 0) is 0 Å². The van der Waals surface area contributed by atoms with Crippen molar-refractivity contribution in [2.45, 2.75) is 13.8 Å². The average molecular weight is 490 g/mol. The summed E-state index contributed by atoms with van der Waals surface area (Å²) in [4.78, 5) is 14.8. The molecule has 5 aromatic carbocycles. The van der Waals surface area contributed by atoms with E-state index in [2.05, 4.69) is 80.6 Å². The van der Waals surface area contributed by atoms with Crippen LogP contribution in [0.5, 0.6) is 0 Å². The molecule has 0 aliphatic heterocycles. The molecule has 0 saturated heterocycles. The van der Waals surface area contributed by atoms with E-state index in [4.69, 9.17) is 15.0 Å². The van der Waals surface area contributed by atoms with Crippen LogP contribution in [0.2, 0.25) is 0 Å².